The Bertz CT molecular complexity index is 659. The Hall–Kier alpha value is -1.91. The van der Waals surface area contributed by atoms with Crippen LogP contribution in [0.15, 0.2) is 42.5 Å². The maximum Gasteiger partial charge on any atom is 0.328 e. The largest absolute Gasteiger partial charge is 0.480 e. The zero-order valence-electron chi connectivity index (χ0n) is 11.8. The lowest BCUT2D eigenvalue weighted by molar-refractivity contribution is -0.152. The van der Waals surface area contributed by atoms with E-state index in [0.717, 1.165) is 16.3 Å². The monoisotopic (exact) mass is 284 g/mol. The molecule has 2 aromatic rings. The number of nitrogens with zero attached hydrogens (tertiary/aromatic N) is 1. The van der Waals surface area contributed by atoms with Crippen LogP contribution >= 0.6 is 0 Å². The summed E-state index contributed by atoms with van der Waals surface area (Å²) in [6.07, 6.45) is 0. The molecule has 1 aliphatic rings. The predicted octanol–water partition coefficient (Wildman–Crippen LogP) is 2.29. The topological polar surface area (TPSA) is 49.8 Å². The predicted molar refractivity (Wildman–Crippen MR) is 81.0 cm³/mol. The number of aliphatic carboxylic acids is 1. The van der Waals surface area contributed by atoms with Crippen LogP contribution in [0.3, 0.4) is 0 Å². The van der Waals surface area contributed by atoms with Crippen molar-refractivity contribution in [1.82, 2.24) is 4.90 Å². The van der Waals surface area contributed by atoms with Gasteiger partial charge in [-0.15, -0.1) is 0 Å². The van der Waals surface area contributed by atoms with Crippen LogP contribution < -0.4 is 0 Å². The van der Waals surface area contributed by atoms with Crippen molar-refractivity contribution in [3.8, 4) is 0 Å². The van der Waals surface area contributed by atoms with Crippen LogP contribution in [0.4, 0.5) is 0 Å². The van der Waals surface area contributed by atoms with E-state index >= 15 is 0 Å². The molecule has 0 bridgehead atoms. The molecule has 1 unspecified atom stereocenters. The fourth-order valence-electron chi connectivity index (χ4n) is 2.95. The number of hydrogen-bond acceptors (Lipinski definition) is 3. The van der Waals surface area contributed by atoms with E-state index in [2.05, 4.69) is 6.92 Å². The molecule has 0 saturated carbocycles. The number of fused-ring (bicyclic) bond motifs is 1. The lowest BCUT2D eigenvalue weighted by Gasteiger charge is -2.40. The van der Waals surface area contributed by atoms with Crippen molar-refractivity contribution in [1.29, 1.82) is 0 Å². The van der Waals surface area contributed by atoms with Crippen molar-refractivity contribution >= 4 is 16.7 Å². The molecule has 1 heterocycles. The molecule has 1 fully saturated rings. The summed E-state index contributed by atoms with van der Waals surface area (Å²) in [5.74, 6) is -0.930. The second-order valence-corrected chi connectivity index (χ2v) is 5.29. The van der Waals surface area contributed by atoms with E-state index in [-0.39, 0.29) is 0 Å². The molecular weight excluding hydrogens is 266 g/mol. The first kappa shape index (κ1) is 14.0. The molecule has 4 heteroatoms. The van der Waals surface area contributed by atoms with Crippen LogP contribution in [0.25, 0.3) is 10.8 Å². The number of morpholine rings is 1. The van der Waals surface area contributed by atoms with Crippen molar-refractivity contribution in [3.63, 3.8) is 0 Å². The van der Waals surface area contributed by atoms with E-state index in [9.17, 15) is 9.90 Å². The fraction of sp³-hybridized carbons (Fsp3) is 0.294. The van der Waals surface area contributed by atoms with E-state index in [0.29, 0.717) is 26.3 Å². The summed E-state index contributed by atoms with van der Waals surface area (Å²) in [7, 11) is 0. The Kier molecular flexibility index (Phi) is 3.66. The summed E-state index contributed by atoms with van der Waals surface area (Å²) in [5.41, 5.74) is -0.556. The molecule has 0 spiro atoms. The Morgan fingerprint density at radius 3 is 2.52 bits per heavy atom. The summed E-state index contributed by atoms with van der Waals surface area (Å²) in [5, 5.41) is 11.8. The molecule has 1 saturated heterocycles. The van der Waals surface area contributed by atoms with Crippen LogP contribution in [0.2, 0.25) is 0 Å². The highest BCUT2D eigenvalue weighted by atomic mass is 16.5. The minimum absolute atomic E-state index is 0.537. The van der Waals surface area contributed by atoms with Gasteiger partial charge in [0.1, 0.15) is 5.54 Å². The van der Waals surface area contributed by atoms with Gasteiger partial charge >= 0.3 is 5.97 Å². The third-order valence-electron chi connectivity index (χ3n) is 4.14. The third-order valence-corrected chi connectivity index (χ3v) is 4.14. The number of carbonyl (C=O) groups is 1. The molecule has 1 aliphatic heterocycles. The standard InChI is InChI=1S/C17H18NO3/c1-17(16(19)20,18-9-11-21-12-10-18)15-8-4-6-13-5-2-3-7-14(13)15/h2-8H,1,9-12H2,(H,19,20). The van der Waals surface area contributed by atoms with E-state index in [4.69, 9.17) is 4.74 Å². The molecule has 21 heavy (non-hydrogen) atoms. The Morgan fingerprint density at radius 1 is 1.14 bits per heavy atom. The lowest BCUT2D eigenvalue weighted by Crippen LogP contribution is -2.54. The molecule has 1 N–H and O–H groups in total. The van der Waals surface area contributed by atoms with Crippen molar-refractivity contribution < 1.29 is 14.6 Å². The van der Waals surface area contributed by atoms with Crippen LogP contribution in [0, 0.1) is 6.92 Å². The Morgan fingerprint density at radius 2 is 1.81 bits per heavy atom. The first-order valence-electron chi connectivity index (χ1n) is 7.04. The zero-order chi connectivity index (χ0) is 14.9. The highest BCUT2D eigenvalue weighted by Gasteiger charge is 2.43. The lowest BCUT2D eigenvalue weighted by atomic mass is 9.86. The number of carboxylic acids is 1. The number of benzene rings is 2. The van der Waals surface area contributed by atoms with Gasteiger partial charge in [0.25, 0.3) is 0 Å². The van der Waals surface area contributed by atoms with Gasteiger partial charge in [0.2, 0.25) is 0 Å². The molecule has 1 radical (unpaired) electrons. The fourth-order valence-corrected chi connectivity index (χ4v) is 2.95. The van der Waals surface area contributed by atoms with E-state index < -0.39 is 11.5 Å². The van der Waals surface area contributed by atoms with Crippen molar-refractivity contribution in [2.45, 2.75) is 5.54 Å². The summed E-state index contributed by atoms with van der Waals surface area (Å²) < 4.78 is 5.34. The maximum absolute atomic E-state index is 12.0. The minimum Gasteiger partial charge on any atom is -0.480 e. The van der Waals surface area contributed by atoms with Gasteiger partial charge in [0.05, 0.1) is 13.2 Å². The van der Waals surface area contributed by atoms with E-state index in [1.54, 1.807) is 0 Å². The quantitative estimate of drug-likeness (QED) is 0.939. The first-order chi connectivity index (χ1) is 10.1. The minimum atomic E-state index is -1.29. The van der Waals surface area contributed by atoms with Gasteiger partial charge in [0.15, 0.2) is 0 Å². The van der Waals surface area contributed by atoms with Crippen LogP contribution in [0.5, 0.6) is 0 Å². The number of rotatable bonds is 3. The van der Waals surface area contributed by atoms with Crippen molar-refractivity contribution in [3.05, 3.63) is 55.0 Å². The molecule has 0 amide bonds. The second-order valence-electron chi connectivity index (χ2n) is 5.29. The second kappa shape index (κ2) is 5.47. The maximum atomic E-state index is 12.0. The van der Waals surface area contributed by atoms with E-state index in [1.165, 1.54) is 0 Å². The van der Waals surface area contributed by atoms with Crippen LogP contribution in [-0.2, 0) is 15.1 Å². The SMILES string of the molecule is [CH2]C(C(=O)O)(c1cccc2ccccc12)N1CCOCC1. The molecule has 4 nitrogen and oxygen atoms in total. The average molecular weight is 284 g/mol. The third kappa shape index (κ3) is 2.30. The van der Waals surface area contributed by atoms with Gasteiger partial charge in [-0.3, -0.25) is 4.90 Å². The zero-order valence-corrected chi connectivity index (χ0v) is 11.8. The highest BCUT2D eigenvalue weighted by Crippen LogP contribution is 2.34. The smallest absolute Gasteiger partial charge is 0.328 e. The molecule has 1 atom stereocenters. The molecular formula is C17H18NO3. The molecule has 0 aromatic heterocycles. The van der Waals surface area contributed by atoms with Gasteiger partial charge in [-0.25, -0.2) is 4.79 Å². The number of hydrogen-bond donors (Lipinski definition) is 1. The van der Waals surface area contributed by atoms with E-state index in [1.807, 2.05) is 47.4 Å². The number of carboxylic acid groups (broad SMARTS) is 1. The van der Waals surface area contributed by atoms with Gasteiger partial charge in [-0.05, 0) is 23.3 Å². The number of ether oxygens (including phenoxy) is 1. The molecule has 0 aliphatic carbocycles. The first-order valence-corrected chi connectivity index (χ1v) is 7.04. The summed E-state index contributed by atoms with van der Waals surface area (Å²) in [6, 6.07) is 13.6. The summed E-state index contributed by atoms with van der Waals surface area (Å²) >= 11 is 0. The molecule has 109 valence electrons. The average Bonchev–Trinajstić information content (AvgIpc) is 2.54. The molecule has 3 rings (SSSR count). The van der Waals surface area contributed by atoms with Gasteiger partial charge in [-0.2, -0.15) is 0 Å². The van der Waals surface area contributed by atoms with Gasteiger partial charge in [-0.1, -0.05) is 42.5 Å². The van der Waals surface area contributed by atoms with Crippen LogP contribution in [-0.4, -0.2) is 42.3 Å². The highest BCUT2D eigenvalue weighted by molar-refractivity contribution is 5.93. The summed E-state index contributed by atoms with van der Waals surface area (Å²) in [6.45, 7) is 6.29. The Labute approximate surface area is 123 Å². The molecule has 2 aromatic carbocycles. The van der Waals surface area contributed by atoms with Crippen molar-refractivity contribution in [2.75, 3.05) is 26.3 Å². The van der Waals surface area contributed by atoms with Crippen LogP contribution in [0.1, 0.15) is 5.56 Å². The van der Waals surface area contributed by atoms with Gasteiger partial charge < -0.3 is 9.84 Å². The Balaban J connectivity index is 2.17. The van der Waals surface area contributed by atoms with Crippen molar-refractivity contribution in [2.24, 2.45) is 0 Å². The van der Waals surface area contributed by atoms with Gasteiger partial charge in [0, 0.05) is 13.1 Å². The normalized spacial score (nSPS) is 19.3. The summed E-state index contributed by atoms with van der Waals surface area (Å²) in [4.78, 5) is 13.9.